The van der Waals surface area contributed by atoms with E-state index in [1.54, 1.807) is 0 Å². The SMILES string of the molecule is Cc1cc(C)c(CCNC(=O)NC2CCC(C(=O)O)CC2)c(C)c1. The molecule has 5 nitrogen and oxygen atoms in total. The van der Waals surface area contributed by atoms with Crippen LogP contribution in [0.2, 0.25) is 0 Å². The average molecular weight is 332 g/mol. The minimum atomic E-state index is -0.721. The molecule has 1 saturated carbocycles. The van der Waals surface area contributed by atoms with Crippen molar-refractivity contribution in [2.45, 2.75) is 58.9 Å². The van der Waals surface area contributed by atoms with Crippen LogP contribution in [0.5, 0.6) is 0 Å². The second-order valence-corrected chi connectivity index (χ2v) is 6.91. The van der Waals surface area contributed by atoms with Crippen LogP contribution in [0, 0.1) is 26.7 Å². The molecule has 24 heavy (non-hydrogen) atoms. The van der Waals surface area contributed by atoms with Crippen LogP contribution in [-0.4, -0.2) is 29.7 Å². The zero-order chi connectivity index (χ0) is 17.7. The molecule has 1 aliphatic rings. The molecule has 0 spiro atoms. The lowest BCUT2D eigenvalue weighted by Crippen LogP contribution is -2.44. The van der Waals surface area contributed by atoms with Gasteiger partial charge in [-0.1, -0.05) is 17.7 Å². The van der Waals surface area contributed by atoms with Gasteiger partial charge in [-0.05, 0) is 69.6 Å². The summed E-state index contributed by atoms with van der Waals surface area (Å²) in [6.45, 7) is 6.90. The van der Waals surface area contributed by atoms with Crippen molar-refractivity contribution in [3.05, 3.63) is 34.4 Å². The molecule has 0 atom stereocenters. The molecule has 0 saturated heterocycles. The van der Waals surface area contributed by atoms with E-state index in [2.05, 4.69) is 43.5 Å². The Labute approximate surface area is 143 Å². The van der Waals surface area contributed by atoms with Crippen molar-refractivity contribution in [1.82, 2.24) is 10.6 Å². The maximum atomic E-state index is 12.0. The number of nitrogens with one attached hydrogen (secondary N) is 2. The van der Waals surface area contributed by atoms with Crippen molar-refractivity contribution in [3.63, 3.8) is 0 Å². The Morgan fingerprint density at radius 2 is 1.67 bits per heavy atom. The molecule has 1 aromatic rings. The van der Waals surface area contributed by atoms with E-state index >= 15 is 0 Å². The Morgan fingerprint density at radius 3 is 2.21 bits per heavy atom. The number of carbonyl (C=O) groups excluding carboxylic acids is 1. The third kappa shape index (κ3) is 4.98. The highest BCUT2D eigenvalue weighted by Crippen LogP contribution is 2.24. The van der Waals surface area contributed by atoms with E-state index in [0.29, 0.717) is 19.4 Å². The fourth-order valence-corrected chi connectivity index (χ4v) is 3.63. The minimum Gasteiger partial charge on any atom is -0.481 e. The quantitative estimate of drug-likeness (QED) is 0.775. The molecule has 132 valence electrons. The van der Waals surface area contributed by atoms with Crippen molar-refractivity contribution in [2.24, 2.45) is 5.92 Å². The lowest BCUT2D eigenvalue weighted by Gasteiger charge is -2.26. The second kappa shape index (κ2) is 8.18. The van der Waals surface area contributed by atoms with Gasteiger partial charge in [-0.15, -0.1) is 0 Å². The zero-order valence-corrected chi connectivity index (χ0v) is 14.8. The lowest BCUT2D eigenvalue weighted by atomic mass is 9.86. The molecular weight excluding hydrogens is 304 g/mol. The number of carboxylic acid groups (broad SMARTS) is 1. The summed E-state index contributed by atoms with van der Waals surface area (Å²) >= 11 is 0. The Bertz CT molecular complexity index is 582. The van der Waals surface area contributed by atoms with Gasteiger partial charge in [-0.2, -0.15) is 0 Å². The van der Waals surface area contributed by atoms with Gasteiger partial charge in [0.1, 0.15) is 0 Å². The standard InChI is InChI=1S/C19H28N2O3/c1-12-10-13(2)17(14(3)11-12)8-9-20-19(24)21-16-6-4-15(5-7-16)18(22)23/h10-11,15-16H,4-9H2,1-3H3,(H,22,23)(H2,20,21,24). The summed E-state index contributed by atoms with van der Waals surface area (Å²) < 4.78 is 0. The number of rotatable bonds is 5. The van der Waals surface area contributed by atoms with Crippen LogP contribution in [0.1, 0.15) is 47.9 Å². The number of benzene rings is 1. The molecule has 0 aromatic heterocycles. The highest BCUT2D eigenvalue weighted by Gasteiger charge is 2.26. The fourth-order valence-electron chi connectivity index (χ4n) is 3.63. The monoisotopic (exact) mass is 332 g/mol. The average Bonchev–Trinajstić information content (AvgIpc) is 2.50. The normalized spacial score (nSPS) is 20.5. The molecule has 1 aliphatic carbocycles. The molecule has 0 bridgehead atoms. The van der Waals surface area contributed by atoms with E-state index in [0.717, 1.165) is 19.3 Å². The van der Waals surface area contributed by atoms with Crippen LogP contribution in [0.25, 0.3) is 0 Å². The molecular formula is C19H28N2O3. The van der Waals surface area contributed by atoms with Crippen LogP contribution in [0.4, 0.5) is 4.79 Å². The van der Waals surface area contributed by atoms with E-state index in [1.807, 2.05) is 0 Å². The van der Waals surface area contributed by atoms with Crippen LogP contribution in [0.3, 0.4) is 0 Å². The number of carbonyl (C=O) groups is 2. The van der Waals surface area contributed by atoms with Crippen LogP contribution < -0.4 is 10.6 Å². The van der Waals surface area contributed by atoms with E-state index < -0.39 is 5.97 Å². The maximum Gasteiger partial charge on any atom is 0.315 e. The molecule has 0 unspecified atom stereocenters. The predicted molar refractivity (Wildman–Crippen MR) is 94.3 cm³/mol. The first kappa shape index (κ1) is 18.3. The van der Waals surface area contributed by atoms with Gasteiger partial charge in [0.2, 0.25) is 0 Å². The summed E-state index contributed by atoms with van der Waals surface area (Å²) in [5.74, 6) is -0.972. The molecule has 1 fully saturated rings. The molecule has 0 heterocycles. The molecule has 0 aliphatic heterocycles. The smallest absolute Gasteiger partial charge is 0.315 e. The Balaban J connectivity index is 1.74. The van der Waals surface area contributed by atoms with Gasteiger partial charge in [-0.3, -0.25) is 4.79 Å². The van der Waals surface area contributed by atoms with Crippen molar-refractivity contribution in [3.8, 4) is 0 Å². The Morgan fingerprint density at radius 1 is 1.08 bits per heavy atom. The number of hydrogen-bond donors (Lipinski definition) is 3. The van der Waals surface area contributed by atoms with Gasteiger partial charge in [0.05, 0.1) is 5.92 Å². The summed E-state index contributed by atoms with van der Waals surface area (Å²) in [7, 11) is 0. The summed E-state index contributed by atoms with van der Waals surface area (Å²) in [5.41, 5.74) is 5.09. The first-order valence-electron chi connectivity index (χ1n) is 8.70. The predicted octanol–water partition coefficient (Wildman–Crippen LogP) is 3.10. The van der Waals surface area contributed by atoms with Crippen LogP contribution >= 0.6 is 0 Å². The summed E-state index contributed by atoms with van der Waals surface area (Å²) in [6.07, 6.45) is 3.57. The highest BCUT2D eigenvalue weighted by molar-refractivity contribution is 5.74. The number of amides is 2. The first-order chi connectivity index (χ1) is 11.4. The number of aryl methyl sites for hydroxylation is 3. The molecule has 3 N–H and O–H groups in total. The maximum absolute atomic E-state index is 12.0. The van der Waals surface area contributed by atoms with E-state index in [4.69, 9.17) is 5.11 Å². The Hall–Kier alpha value is -2.04. The number of hydrogen-bond acceptors (Lipinski definition) is 2. The molecule has 2 amide bonds. The van der Waals surface area contributed by atoms with Crippen molar-refractivity contribution in [1.29, 1.82) is 0 Å². The molecule has 2 rings (SSSR count). The number of urea groups is 1. The van der Waals surface area contributed by atoms with Gasteiger partial charge in [0, 0.05) is 12.6 Å². The number of aliphatic carboxylic acids is 1. The van der Waals surface area contributed by atoms with Crippen molar-refractivity contribution < 1.29 is 14.7 Å². The zero-order valence-electron chi connectivity index (χ0n) is 14.8. The van der Waals surface area contributed by atoms with Crippen LogP contribution in [0.15, 0.2) is 12.1 Å². The molecule has 0 radical (unpaired) electrons. The Kier molecular flexibility index (Phi) is 6.23. The van der Waals surface area contributed by atoms with Crippen molar-refractivity contribution >= 4 is 12.0 Å². The fraction of sp³-hybridized carbons (Fsp3) is 0.579. The van der Waals surface area contributed by atoms with E-state index in [1.165, 1.54) is 22.3 Å². The number of carboxylic acids is 1. The highest BCUT2D eigenvalue weighted by atomic mass is 16.4. The van der Waals surface area contributed by atoms with Gasteiger partial charge in [-0.25, -0.2) is 4.79 Å². The lowest BCUT2D eigenvalue weighted by molar-refractivity contribution is -0.142. The van der Waals surface area contributed by atoms with Gasteiger partial charge in [0.25, 0.3) is 0 Å². The summed E-state index contributed by atoms with van der Waals surface area (Å²) in [4.78, 5) is 22.9. The molecule has 5 heteroatoms. The summed E-state index contributed by atoms with van der Waals surface area (Å²) in [6, 6.07) is 4.27. The largest absolute Gasteiger partial charge is 0.481 e. The minimum absolute atomic E-state index is 0.0865. The second-order valence-electron chi connectivity index (χ2n) is 6.91. The van der Waals surface area contributed by atoms with E-state index in [-0.39, 0.29) is 18.0 Å². The topological polar surface area (TPSA) is 78.4 Å². The van der Waals surface area contributed by atoms with Gasteiger partial charge in [0.15, 0.2) is 0 Å². The van der Waals surface area contributed by atoms with Gasteiger partial charge >= 0.3 is 12.0 Å². The third-order valence-electron chi connectivity index (χ3n) is 4.91. The first-order valence-corrected chi connectivity index (χ1v) is 8.70. The summed E-state index contributed by atoms with van der Waals surface area (Å²) in [5, 5.41) is 14.9. The molecule has 1 aromatic carbocycles. The van der Waals surface area contributed by atoms with E-state index in [9.17, 15) is 9.59 Å². The van der Waals surface area contributed by atoms with Crippen molar-refractivity contribution in [2.75, 3.05) is 6.54 Å². The van der Waals surface area contributed by atoms with Gasteiger partial charge < -0.3 is 15.7 Å². The third-order valence-corrected chi connectivity index (χ3v) is 4.91. The van der Waals surface area contributed by atoms with Crippen LogP contribution in [-0.2, 0) is 11.2 Å².